The number of hydrogen-bond donors (Lipinski definition) is 3. The van der Waals surface area contributed by atoms with Crippen molar-refractivity contribution >= 4 is 16.6 Å². The van der Waals surface area contributed by atoms with Gasteiger partial charge in [-0.05, 0) is 31.5 Å². The van der Waals surface area contributed by atoms with Gasteiger partial charge in [0.25, 0.3) is 5.56 Å². The van der Waals surface area contributed by atoms with Crippen LogP contribution < -0.4 is 10.9 Å². The number of pyridine rings is 1. The van der Waals surface area contributed by atoms with Crippen LogP contribution in [-0.4, -0.2) is 41.7 Å². The molecular formula is C16H21N3O2. The van der Waals surface area contributed by atoms with Gasteiger partial charge in [-0.25, -0.2) is 0 Å². The van der Waals surface area contributed by atoms with E-state index in [1.165, 1.54) is 0 Å². The number of H-pyrrole nitrogens is 1. The van der Waals surface area contributed by atoms with E-state index in [9.17, 15) is 4.79 Å². The maximum Gasteiger partial charge on any atom is 0.253 e. The Morgan fingerprint density at radius 2 is 2.24 bits per heavy atom. The smallest absolute Gasteiger partial charge is 0.253 e. The number of aromatic amines is 1. The van der Waals surface area contributed by atoms with Crippen molar-refractivity contribution < 1.29 is 5.11 Å². The molecule has 1 aliphatic heterocycles. The number of benzene rings is 1. The first-order chi connectivity index (χ1) is 10.2. The van der Waals surface area contributed by atoms with Gasteiger partial charge < -0.3 is 15.4 Å². The van der Waals surface area contributed by atoms with Crippen LogP contribution in [0.1, 0.15) is 17.5 Å². The number of aliphatic hydroxyl groups excluding tert-OH is 1. The summed E-state index contributed by atoms with van der Waals surface area (Å²) in [7, 11) is 1.97. The molecule has 0 saturated carbocycles. The zero-order chi connectivity index (χ0) is 14.8. The van der Waals surface area contributed by atoms with E-state index in [0.717, 1.165) is 53.6 Å². The highest BCUT2D eigenvalue weighted by atomic mass is 16.3. The second-order valence-electron chi connectivity index (χ2n) is 5.68. The third-order valence-electron chi connectivity index (χ3n) is 4.02. The van der Waals surface area contributed by atoms with Crippen LogP contribution in [-0.2, 0) is 13.0 Å². The minimum Gasteiger partial charge on any atom is -0.395 e. The van der Waals surface area contributed by atoms with E-state index in [1.54, 1.807) is 0 Å². The summed E-state index contributed by atoms with van der Waals surface area (Å²) in [6, 6.07) is 6.19. The molecule has 0 spiro atoms. The maximum absolute atomic E-state index is 12.2. The second kappa shape index (κ2) is 5.87. The van der Waals surface area contributed by atoms with Gasteiger partial charge in [-0.2, -0.15) is 0 Å². The van der Waals surface area contributed by atoms with Gasteiger partial charge in [0.05, 0.1) is 17.8 Å². The van der Waals surface area contributed by atoms with Crippen molar-refractivity contribution in [3.8, 4) is 0 Å². The van der Waals surface area contributed by atoms with Crippen LogP contribution >= 0.6 is 0 Å². The molecule has 3 N–H and O–H groups in total. The Morgan fingerprint density at radius 3 is 3.05 bits per heavy atom. The number of aromatic nitrogens is 1. The van der Waals surface area contributed by atoms with Gasteiger partial charge >= 0.3 is 0 Å². The Balaban J connectivity index is 2.01. The van der Waals surface area contributed by atoms with Gasteiger partial charge in [0.15, 0.2) is 0 Å². The van der Waals surface area contributed by atoms with Crippen LogP contribution in [0.5, 0.6) is 0 Å². The van der Waals surface area contributed by atoms with E-state index in [2.05, 4.69) is 27.3 Å². The first-order valence-electron chi connectivity index (χ1n) is 7.40. The summed E-state index contributed by atoms with van der Waals surface area (Å²) in [5, 5.41) is 13.4. The Morgan fingerprint density at radius 1 is 1.38 bits per heavy atom. The van der Waals surface area contributed by atoms with E-state index >= 15 is 0 Å². The lowest BCUT2D eigenvalue weighted by molar-refractivity contribution is 0.217. The number of aliphatic hydroxyl groups is 1. The minimum atomic E-state index is 0.0190. The molecule has 0 fully saturated rings. The Labute approximate surface area is 123 Å². The topological polar surface area (TPSA) is 68.4 Å². The molecule has 21 heavy (non-hydrogen) atoms. The molecule has 5 heteroatoms. The number of hydrogen-bond acceptors (Lipinski definition) is 4. The molecule has 2 aromatic rings. The second-order valence-corrected chi connectivity index (χ2v) is 5.68. The lowest BCUT2D eigenvalue weighted by atomic mass is 10.0. The monoisotopic (exact) mass is 287 g/mol. The molecule has 1 aromatic carbocycles. The fourth-order valence-corrected chi connectivity index (χ4v) is 2.97. The van der Waals surface area contributed by atoms with Crippen molar-refractivity contribution in [3.63, 3.8) is 0 Å². The summed E-state index contributed by atoms with van der Waals surface area (Å²) in [4.78, 5) is 17.2. The molecule has 0 unspecified atom stereocenters. The molecule has 2 heterocycles. The zero-order valence-electron chi connectivity index (χ0n) is 12.3. The van der Waals surface area contributed by atoms with Crippen molar-refractivity contribution in [2.75, 3.05) is 32.1 Å². The summed E-state index contributed by atoms with van der Waals surface area (Å²) >= 11 is 0. The van der Waals surface area contributed by atoms with Gasteiger partial charge in [-0.3, -0.25) is 9.69 Å². The number of fused-ring (bicyclic) bond motifs is 3. The Hall–Kier alpha value is -1.85. The van der Waals surface area contributed by atoms with E-state index in [-0.39, 0.29) is 12.2 Å². The molecule has 0 saturated heterocycles. The zero-order valence-corrected chi connectivity index (χ0v) is 12.3. The van der Waals surface area contributed by atoms with Crippen LogP contribution in [0.25, 0.3) is 10.9 Å². The number of nitrogens with one attached hydrogen (secondary N) is 2. The van der Waals surface area contributed by atoms with Crippen molar-refractivity contribution in [2.45, 2.75) is 19.4 Å². The van der Waals surface area contributed by atoms with Gasteiger partial charge in [-0.15, -0.1) is 0 Å². The highest BCUT2D eigenvalue weighted by molar-refractivity contribution is 5.93. The fourth-order valence-electron chi connectivity index (χ4n) is 2.97. The van der Waals surface area contributed by atoms with Crippen molar-refractivity contribution in [3.05, 3.63) is 39.7 Å². The van der Waals surface area contributed by atoms with Gasteiger partial charge in [-0.1, -0.05) is 12.1 Å². The predicted octanol–water partition coefficient (Wildman–Crippen LogP) is 1.31. The number of likely N-dealkylation sites (N-methyl/N-ethyl adjacent to an activating group) is 1. The molecule has 3 rings (SSSR count). The third-order valence-corrected chi connectivity index (χ3v) is 4.02. The summed E-state index contributed by atoms with van der Waals surface area (Å²) in [6.45, 7) is 2.47. The number of nitrogens with zero attached hydrogens (tertiary/aromatic N) is 1. The average molecular weight is 287 g/mol. The summed E-state index contributed by atoms with van der Waals surface area (Å²) < 4.78 is 0. The van der Waals surface area contributed by atoms with E-state index < -0.39 is 0 Å². The third kappa shape index (κ3) is 2.80. The quantitative estimate of drug-likeness (QED) is 0.793. The molecule has 0 bridgehead atoms. The van der Waals surface area contributed by atoms with Crippen LogP contribution in [0.4, 0.5) is 5.69 Å². The largest absolute Gasteiger partial charge is 0.395 e. The van der Waals surface area contributed by atoms with Crippen molar-refractivity contribution in [2.24, 2.45) is 0 Å². The molecule has 0 atom stereocenters. The van der Waals surface area contributed by atoms with Gasteiger partial charge in [0.2, 0.25) is 0 Å². The molecule has 112 valence electrons. The van der Waals surface area contributed by atoms with Crippen molar-refractivity contribution in [1.82, 2.24) is 9.88 Å². The highest BCUT2D eigenvalue weighted by Gasteiger charge is 2.16. The molecule has 1 aliphatic rings. The van der Waals surface area contributed by atoms with Crippen LogP contribution in [0.2, 0.25) is 0 Å². The Bertz CT molecular complexity index is 708. The molecule has 0 radical (unpaired) electrons. The Kier molecular flexibility index (Phi) is 3.94. The number of anilines is 1. The standard InChI is InChI=1S/C16H21N3O2/c1-19(7-8-20)10-11-4-5-12-14(9-11)18-16(21)13-3-2-6-17-15(12)13/h4-5,9,17,20H,2-3,6-8,10H2,1H3,(H,18,21). The van der Waals surface area contributed by atoms with Crippen LogP contribution in [0.3, 0.4) is 0 Å². The molecular weight excluding hydrogens is 266 g/mol. The highest BCUT2D eigenvalue weighted by Crippen LogP contribution is 2.28. The molecule has 0 amide bonds. The predicted molar refractivity (Wildman–Crippen MR) is 84.8 cm³/mol. The normalized spacial score (nSPS) is 14.2. The van der Waals surface area contributed by atoms with E-state index in [4.69, 9.17) is 5.11 Å². The van der Waals surface area contributed by atoms with E-state index in [1.807, 2.05) is 13.1 Å². The molecule has 0 aliphatic carbocycles. The van der Waals surface area contributed by atoms with Gasteiger partial charge in [0.1, 0.15) is 0 Å². The maximum atomic E-state index is 12.2. The minimum absolute atomic E-state index is 0.0190. The lowest BCUT2D eigenvalue weighted by Crippen LogP contribution is -2.23. The summed E-state index contributed by atoms with van der Waals surface area (Å²) in [5.74, 6) is 0. The summed E-state index contributed by atoms with van der Waals surface area (Å²) in [5.41, 5.74) is 3.90. The molecule has 5 nitrogen and oxygen atoms in total. The van der Waals surface area contributed by atoms with Crippen molar-refractivity contribution in [1.29, 1.82) is 0 Å². The fraction of sp³-hybridized carbons (Fsp3) is 0.438. The first kappa shape index (κ1) is 14.1. The summed E-state index contributed by atoms with van der Waals surface area (Å²) in [6.07, 6.45) is 1.85. The SMILES string of the molecule is CN(CCO)Cc1ccc2c3c(c(=O)[nH]c2c1)CCCN3. The average Bonchev–Trinajstić information content (AvgIpc) is 2.47. The lowest BCUT2D eigenvalue weighted by Gasteiger charge is -2.20. The first-order valence-corrected chi connectivity index (χ1v) is 7.40. The van der Waals surface area contributed by atoms with Gasteiger partial charge in [0, 0.05) is 30.6 Å². The van der Waals surface area contributed by atoms with Crippen LogP contribution in [0.15, 0.2) is 23.0 Å². The van der Waals surface area contributed by atoms with Crippen LogP contribution in [0, 0.1) is 0 Å². The van der Waals surface area contributed by atoms with E-state index in [0.29, 0.717) is 6.54 Å². The number of rotatable bonds is 4. The molecule has 1 aromatic heterocycles.